The number of carbonyl (C=O) groups excluding carboxylic acids is 5. The van der Waals surface area contributed by atoms with Gasteiger partial charge in [-0.2, -0.15) is 0 Å². The maximum absolute atomic E-state index is 14.2. The van der Waals surface area contributed by atoms with E-state index in [-0.39, 0.29) is 12.2 Å². The first kappa shape index (κ1) is 27.7. The molecule has 2 heterocycles. The fourth-order valence-electron chi connectivity index (χ4n) is 7.76. The number of hydrogen-bond donors (Lipinski definition) is 0. The summed E-state index contributed by atoms with van der Waals surface area (Å²) in [7, 11) is 0. The van der Waals surface area contributed by atoms with Crippen LogP contribution in [0.2, 0.25) is 10.0 Å². The summed E-state index contributed by atoms with van der Waals surface area (Å²) in [6.45, 7) is 8.73. The first-order valence-corrected chi connectivity index (χ1v) is 14.3. The number of hydrogen-bond acceptors (Lipinski definition) is 6. The van der Waals surface area contributed by atoms with Gasteiger partial charge in [0.15, 0.2) is 0 Å². The molecule has 212 valence electrons. The van der Waals surface area contributed by atoms with E-state index in [9.17, 15) is 24.0 Å². The summed E-state index contributed by atoms with van der Waals surface area (Å²) in [5.74, 6) is -7.50. The zero-order valence-electron chi connectivity index (χ0n) is 23.2. The molecule has 4 unspecified atom stereocenters. The average molecular weight is 595 g/mol. The highest BCUT2D eigenvalue weighted by Crippen LogP contribution is 2.68. The zero-order chi connectivity index (χ0) is 29.7. The maximum atomic E-state index is 14.2. The highest BCUT2D eigenvalue weighted by Gasteiger charge is 2.77. The molecule has 0 N–H and O–H groups in total. The van der Waals surface area contributed by atoms with Gasteiger partial charge >= 0.3 is 5.97 Å². The molecule has 2 saturated heterocycles. The Morgan fingerprint density at radius 1 is 0.780 bits per heavy atom. The molecule has 2 aromatic rings. The normalized spacial score (nSPS) is 30.4. The summed E-state index contributed by atoms with van der Waals surface area (Å²) >= 11 is 12.7. The van der Waals surface area contributed by atoms with Crippen molar-refractivity contribution in [1.82, 2.24) is 0 Å². The number of halogens is 2. The van der Waals surface area contributed by atoms with Crippen LogP contribution in [0, 0.1) is 48.9 Å². The molecule has 2 aliphatic heterocycles. The summed E-state index contributed by atoms with van der Waals surface area (Å²) in [5, 5.41) is 0.784. The van der Waals surface area contributed by atoms with Crippen molar-refractivity contribution in [2.24, 2.45) is 35.0 Å². The van der Waals surface area contributed by atoms with Gasteiger partial charge in [-0.1, -0.05) is 47.8 Å². The molecule has 3 aliphatic carbocycles. The Morgan fingerprint density at radius 2 is 1.22 bits per heavy atom. The van der Waals surface area contributed by atoms with Crippen molar-refractivity contribution in [1.29, 1.82) is 0 Å². The van der Waals surface area contributed by atoms with Gasteiger partial charge in [-0.25, -0.2) is 14.6 Å². The molecule has 2 bridgehead atoms. The molecule has 7 rings (SSSR count). The second-order valence-corrected chi connectivity index (χ2v) is 12.3. The zero-order valence-corrected chi connectivity index (χ0v) is 24.7. The number of rotatable bonds is 4. The first-order valence-electron chi connectivity index (χ1n) is 13.5. The van der Waals surface area contributed by atoms with Crippen LogP contribution >= 0.6 is 23.2 Å². The van der Waals surface area contributed by atoms with E-state index < -0.39 is 64.6 Å². The van der Waals surface area contributed by atoms with Crippen molar-refractivity contribution in [2.75, 3.05) is 16.4 Å². The number of aryl methyl sites for hydroxylation is 2. The van der Waals surface area contributed by atoms with Crippen LogP contribution in [0.3, 0.4) is 0 Å². The van der Waals surface area contributed by atoms with Gasteiger partial charge in [0.25, 0.3) is 0 Å². The molecular formula is C31H28Cl2N2O6. The third-order valence-corrected chi connectivity index (χ3v) is 10.3. The van der Waals surface area contributed by atoms with Crippen LogP contribution in [-0.2, 0) is 28.7 Å². The monoisotopic (exact) mass is 594 g/mol. The lowest BCUT2D eigenvalue weighted by molar-refractivity contribution is -0.155. The Kier molecular flexibility index (Phi) is 6.25. The minimum atomic E-state index is -1.48. The van der Waals surface area contributed by atoms with E-state index >= 15 is 0 Å². The maximum Gasteiger partial charge on any atom is 0.334 e. The van der Waals surface area contributed by atoms with E-state index in [1.54, 1.807) is 57.2 Å². The van der Waals surface area contributed by atoms with E-state index in [1.165, 1.54) is 0 Å². The minimum Gasteiger partial charge on any atom is -0.463 e. The van der Waals surface area contributed by atoms with Crippen molar-refractivity contribution in [3.05, 3.63) is 68.7 Å². The molecule has 5 aliphatic rings. The van der Waals surface area contributed by atoms with E-state index in [0.717, 1.165) is 20.9 Å². The highest BCUT2D eigenvalue weighted by molar-refractivity contribution is 6.33. The molecule has 0 radical (unpaired) electrons. The lowest BCUT2D eigenvalue weighted by atomic mass is 9.43. The van der Waals surface area contributed by atoms with Gasteiger partial charge in [0.1, 0.15) is 0 Å². The van der Waals surface area contributed by atoms with Crippen molar-refractivity contribution in [2.45, 2.75) is 34.6 Å². The van der Waals surface area contributed by atoms with Crippen LogP contribution in [-0.4, -0.2) is 36.2 Å². The number of allylic oxidation sites excluding steroid dienone is 1. The molecular weight excluding hydrogens is 567 g/mol. The Bertz CT molecular complexity index is 1530. The van der Waals surface area contributed by atoms with Gasteiger partial charge in [0, 0.05) is 27.0 Å². The molecule has 3 fully saturated rings. The quantitative estimate of drug-likeness (QED) is 0.362. The van der Waals surface area contributed by atoms with E-state index in [0.29, 0.717) is 27.0 Å². The smallest absolute Gasteiger partial charge is 0.334 e. The van der Waals surface area contributed by atoms with E-state index in [1.807, 2.05) is 13.8 Å². The SMILES string of the molecule is CCOC(=O)C1=C(C)C2C3C(=O)N(c4ccc(C)c(Cl)c4)C(=O)C3C1(C)C1C(=O)N(c3ccc(C)c(Cl)c3)C(=O)C21. The van der Waals surface area contributed by atoms with Crippen LogP contribution in [0.25, 0.3) is 0 Å². The number of esters is 1. The standard InChI is InChI=1S/C31H28Cl2N2O6/c1-6-41-30(40)23-15(4)20-21-24(28(38)34(26(21)36)16-9-7-13(2)18(32)11-16)31(23,5)25-22(20)27(37)35(29(25)39)17-10-8-14(3)19(33)12-17/h7-12,20-22,24-25H,6H2,1-5H3. The van der Waals surface area contributed by atoms with Gasteiger partial charge < -0.3 is 4.74 Å². The van der Waals surface area contributed by atoms with Crippen LogP contribution in [0.1, 0.15) is 31.9 Å². The molecule has 0 spiro atoms. The number of imide groups is 2. The lowest BCUT2D eigenvalue weighted by Crippen LogP contribution is -2.61. The topological polar surface area (TPSA) is 101 Å². The third kappa shape index (κ3) is 3.50. The van der Waals surface area contributed by atoms with Gasteiger partial charge in [0.05, 0.1) is 41.7 Å². The minimum absolute atomic E-state index is 0.0836. The highest BCUT2D eigenvalue weighted by atomic mass is 35.5. The molecule has 4 atom stereocenters. The van der Waals surface area contributed by atoms with E-state index in [4.69, 9.17) is 27.9 Å². The molecule has 2 aromatic carbocycles. The largest absolute Gasteiger partial charge is 0.463 e. The number of anilines is 2. The van der Waals surface area contributed by atoms with Crippen molar-refractivity contribution in [3.8, 4) is 0 Å². The fraction of sp³-hybridized carbons (Fsp3) is 0.387. The van der Waals surface area contributed by atoms with Crippen molar-refractivity contribution < 1.29 is 28.7 Å². The van der Waals surface area contributed by atoms with Gasteiger partial charge in [0.2, 0.25) is 23.6 Å². The average Bonchev–Trinajstić information content (AvgIpc) is 3.34. The number of nitrogens with zero attached hydrogens (tertiary/aromatic N) is 2. The molecule has 10 heteroatoms. The Morgan fingerprint density at radius 3 is 1.61 bits per heavy atom. The Hall–Kier alpha value is -3.49. The van der Waals surface area contributed by atoms with Crippen LogP contribution in [0.5, 0.6) is 0 Å². The lowest BCUT2D eigenvalue weighted by Gasteiger charge is -2.55. The van der Waals surface area contributed by atoms with Crippen LogP contribution < -0.4 is 9.80 Å². The van der Waals surface area contributed by atoms with Gasteiger partial charge in [-0.3, -0.25) is 19.2 Å². The predicted molar refractivity (Wildman–Crippen MR) is 152 cm³/mol. The summed E-state index contributed by atoms with van der Waals surface area (Å²) in [6, 6.07) is 9.84. The Labute approximate surface area is 247 Å². The summed E-state index contributed by atoms with van der Waals surface area (Å²) < 4.78 is 5.42. The number of ether oxygens (including phenoxy) is 1. The molecule has 1 saturated carbocycles. The fourth-order valence-corrected chi connectivity index (χ4v) is 8.11. The Balaban J connectivity index is 1.54. The molecule has 4 amide bonds. The van der Waals surface area contributed by atoms with Crippen molar-refractivity contribution in [3.63, 3.8) is 0 Å². The molecule has 8 nitrogen and oxygen atoms in total. The second-order valence-electron chi connectivity index (χ2n) is 11.5. The van der Waals surface area contributed by atoms with E-state index in [2.05, 4.69) is 0 Å². The van der Waals surface area contributed by atoms with Gasteiger partial charge in [-0.05, 0) is 63.1 Å². The number of amides is 4. The van der Waals surface area contributed by atoms with Crippen LogP contribution in [0.4, 0.5) is 11.4 Å². The second kappa shape index (κ2) is 9.26. The summed E-state index contributed by atoms with van der Waals surface area (Å²) in [5.41, 5.74) is 1.40. The summed E-state index contributed by atoms with van der Waals surface area (Å²) in [6.07, 6.45) is 0. The molecule has 41 heavy (non-hydrogen) atoms. The van der Waals surface area contributed by atoms with Crippen molar-refractivity contribution >= 4 is 64.2 Å². The third-order valence-electron chi connectivity index (χ3n) is 9.51. The summed E-state index contributed by atoms with van der Waals surface area (Å²) in [4.78, 5) is 72.4. The molecule has 0 aromatic heterocycles. The number of benzene rings is 2. The van der Waals surface area contributed by atoms with Gasteiger partial charge in [-0.15, -0.1) is 0 Å². The van der Waals surface area contributed by atoms with Crippen LogP contribution in [0.15, 0.2) is 47.5 Å². The first-order chi connectivity index (χ1) is 19.4. The number of carbonyl (C=O) groups is 5. The predicted octanol–water partition coefficient (Wildman–Crippen LogP) is 5.05.